The maximum atomic E-state index is 6.61. The van der Waals surface area contributed by atoms with Gasteiger partial charge in [0.1, 0.15) is 0 Å². The van der Waals surface area contributed by atoms with Gasteiger partial charge in [0.2, 0.25) is 0 Å². The first-order valence-electron chi connectivity index (χ1n) is 8.97. The van der Waals surface area contributed by atoms with Crippen LogP contribution in [0.15, 0.2) is 66.7 Å². The third-order valence-electron chi connectivity index (χ3n) is 5.19. The Morgan fingerprint density at radius 2 is 1.19 bits per heavy atom. The summed E-state index contributed by atoms with van der Waals surface area (Å²) >= 11 is 0. The van der Waals surface area contributed by atoms with Crippen molar-refractivity contribution in [2.45, 2.75) is 26.2 Å². The minimum atomic E-state index is 0.136. The first-order valence-corrected chi connectivity index (χ1v) is 8.97. The molecule has 4 aromatic carbocycles. The molecular weight excluding hydrogens is 316 g/mol. The molecule has 0 saturated carbocycles. The van der Waals surface area contributed by atoms with E-state index < -0.39 is 0 Å². The summed E-state index contributed by atoms with van der Waals surface area (Å²) in [5, 5.41) is 4.07. The summed E-state index contributed by atoms with van der Waals surface area (Å²) in [6.07, 6.45) is 0. The summed E-state index contributed by atoms with van der Waals surface area (Å²) in [4.78, 5) is 0. The van der Waals surface area contributed by atoms with Gasteiger partial charge in [0.05, 0.1) is 0 Å². The van der Waals surface area contributed by atoms with Gasteiger partial charge in [-0.05, 0) is 22.1 Å². The van der Waals surface area contributed by atoms with E-state index in [4.69, 9.17) is 11.5 Å². The average Bonchev–Trinajstić information content (AvgIpc) is 2.65. The summed E-state index contributed by atoms with van der Waals surface area (Å²) < 4.78 is 0. The fraction of sp³-hybridized carbons (Fsp3) is 0.167. The van der Waals surface area contributed by atoms with Gasteiger partial charge in [0.25, 0.3) is 0 Å². The second-order valence-electron chi connectivity index (χ2n) is 7.93. The van der Waals surface area contributed by atoms with E-state index in [1.54, 1.807) is 0 Å². The van der Waals surface area contributed by atoms with Gasteiger partial charge in [0.15, 0.2) is 0 Å². The lowest BCUT2D eigenvalue weighted by Crippen LogP contribution is -2.10. The molecule has 0 bridgehead atoms. The number of hydrogen-bond donors (Lipinski definition) is 2. The van der Waals surface area contributed by atoms with E-state index in [0.717, 1.165) is 44.0 Å². The van der Waals surface area contributed by atoms with Crippen molar-refractivity contribution in [1.29, 1.82) is 0 Å². The number of nitrogens with two attached hydrogens (primary N) is 2. The molecule has 0 aromatic heterocycles. The molecule has 0 atom stereocenters. The van der Waals surface area contributed by atoms with Crippen molar-refractivity contribution in [2.75, 3.05) is 11.5 Å². The van der Waals surface area contributed by atoms with Gasteiger partial charge < -0.3 is 11.5 Å². The average molecular weight is 340 g/mol. The predicted molar refractivity (Wildman–Crippen MR) is 114 cm³/mol. The van der Waals surface area contributed by atoms with Crippen LogP contribution in [0.2, 0.25) is 0 Å². The van der Waals surface area contributed by atoms with Crippen LogP contribution in [-0.2, 0) is 5.41 Å². The smallest absolute Gasteiger partial charge is 0.0481 e. The van der Waals surface area contributed by atoms with Crippen LogP contribution < -0.4 is 11.5 Å². The number of fused-ring (bicyclic) bond motifs is 2. The van der Waals surface area contributed by atoms with Gasteiger partial charge in [-0.3, -0.25) is 0 Å². The molecule has 0 aliphatic heterocycles. The third-order valence-corrected chi connectivity index (χ3v) is 5.19. The summed E-state index contributed by atoms with van der Waals surface area (Å²) in [7, 11) is 0. The summed E-state index contributed by atoms with van der Waals surface area (Å²) in [6, 6.07) is 23.1. The zero-order valence-corrected chi connectivity index (χ0v) is 15.5. The van der Waals surface area contributed by atoms with Gasteiger partial charge in [-0.1, -0.05) is 87.5 Å². The molecule has 26 heavy (non-hydrogen) atoms. The topological polar surface area (TPSA) is 52.0 Å². The Balaban J connectivity index is 2.02. The second kappa shape index (κ2) is 5.77. The zero-order chi connectivity index (χ0) is 18.5. The van der Waals surface area contributed by atoms with Crippen LogP contribution in [0, 0.1) is 0 Å². The highest BCUT2D eigenvalue weighted by atomic mass is 14.6. The van der Waals surface area contributed by atoms with E-state index in [2.05, 4.69) is 63.2 Å². The molecule has 4 rings (SSSR count). The normalized spacial score (nSPS) is 12.0. The summed E-state index contributed by atoms with van der Waals surface area (Å²) in [6.45, 7) is 6.68. The highest BCUT2D eigenvalue weighted by Gasteiger charge is 2.16. The SMILES string of the molecule is CC(C)(C)c1ccc(-c2cccc3c(N)c4ccccc4c(N)c23)cc1. The molecule has 2 heteroatoms. The van der Waals surface area contributed by atoms with Gasteiger partial charge in [-0.2, -0.15) is 0 Å². The van der Waals surface area contributed by atoms with Crippen LogP contribution in [-0.4, -0.2) is 0 Å². The maximum Gasteiger partial charge on any atom is 0.0481 e. The monoisotopic (exact) mass is 340 g/mol. The summed E-state index contributed by atoms with van der Waals surface area (Å²) in [5.41, 5.74) is 18.4. The molecule has 0 fully saturated rings. The van der Waals surface area contributed by atoms with Crippen LogP contribution in [0.3, 0.4) is 0 Å². The van der Waals surface area contributed by atoms with Crippen molar-refractivity contribution >= 4 is 32.9 Å². The number of nitrogen functional groups attached to an aromatic ring is 2. The van der Waals surface area contributed by atoms with Gasteiger partial charge in [0, 0.05) is 32.9 Å². The van der Waals surface area contributed by atoms with E-state index in [9.17, 15) is 0 Å². The molecule has 4 aromatic rings. The van der Waals surface area contributed by atoms with Crippen molar-refractivity contribution in [1.82, 2.24) is 0 Å². The van der Waals surface area contributed by atoms with E-state index in [1.165, 1.54) is 5.56 Å². The lowest BCUT2D eigenvalue weighted by Gasteiger charge is -2.20. The third kappa shape index (κ3) is 2.50. The largest absolute Gasteiger partial charge is 0.398 e. The second-order valence-corrected chi connectivity index (χ2v) is 7.93. The van der Waals surface area contributed by atoms with Crippen molar-refractivity contribution in [2.24, 2.45) is 0 Å². The maximum absolute atomic E-state index is 6.61. The fourth-order valence-electron chi connectivity index (χ4n) is 3.69. The van der Waals surface area contributed by atoms with Crippen LogP contribution in [0.5, 0.6) is 0 Å². The molecule has 0 aliphatic rings. The Hall–Kier alpha value is -3.00. The van der Waals surface area contributed by atoms with E-state index in [0.29, 0.717) is 0 Å². The minimum absolute atomic E-state index is 0.136. The molecule has 0 unspecified atom stereocenters. The molecule has 130 valence electrons. The predicted octanol–water partition coefficient (Wildman–Crippen LogP) is 6.12. The lowest BCUT2D eigenvalue weighted by atomic mass is 9.85. The first-order chi connectivity index (χ1) is 12.4. The molecule has 0 amide bonds. The Morgan fingerprint density at radius 1 is 0.615 bits per heavy atom. The van der Waals surface area contributed by atoms with Crippen molar-refractivity contribution in [3.8, 4) is 11.1 Å². The minimum Gasteiger partial charge on any atom is -0.398 e. The van der Waals surface area contributed by atoms with Crippen LogP contribution >= 0.6 is 0 Å². The Morgan fingerprint density at radius 3 is 1.81 bits per heavy atom. The zero-order valence-electron chi connectivity index (χ0n) is 15.5. The quantitative estimate of drug-likeness (QED) is 0.249. The lowest BCUT2D eigenvalue weighted by molar-refractivity contribution is 0.590. The van der Waals surface area contributed by atoms with E-state index >= 15 is 0 Å². The van der Waals surface area contributed by atoms with E-state index in [-0.39, 0.29) is 5.41 Å². The molecule has 2 nitrogen and oxygen atoms in total. The molecule has 0 heterocycles. The van der Waals surface area contributed by atoms with Gasteiger partial charge >= 0.3 is 0 Å². The number of rotatable bonds is 1. The van der Waals surface area contributed by atoms with Gasteiger partial charge in [-0.15, -0.1) is 0 Å². The first kappa shape index (κ1) is 16.5. The van der Waals surface area contributed by atoms with Crippen molar-refractivity contribution < 1.29 is 0 Å². The Labute approximate surface area is 154 Å². The summed E-state index contributed by atoms with van der Waals surface area (Å²) in [5.74, 6) is 0. The number of benzene rings is 4. The Kier molecular flexibility index (Phi) is 3.66. The van der Waals surface area contributed by atoms with Crippen LogP contribution in [0.25, 0.3) is 32.7 Å². The van der Waals surface area contributed by atoms with Crippen LogP contribution in [0.4, 0.5) is 11.4 Å². The molecule has 0 aliphatic carbocycles. The molecule has 0 spiro atoms. The molecular formula is C24H24N2. The van der Waals surface area contributed by atoms with E-state index in [1.807, 2.05) is 24.3 Å². The standard InChI is InChI=1S/C24H24N2/c1-24(2,3)16-13-11-15(12-14-16)17-9-6-10-20-21(17)23(26)19-8-5-4-7-18(19)22(20)25/h4-14H,25-26H2,1-3H3. The number of anilines is 2. The fourth-order valence-corrected chi connectivity index (χ4v) is 3.69. The van der Waals surface area contributed by atoms with Gasteiger partial charge in [-0.25, -0.2) is 0 Å². The molecule has 0 radical (unpaired) electrons. The molecule has 0 saturated heterocycles. The van der Waals surface area contributed by atoms with Crippen LogP contribution in [0.1, 0.15) is 26.3 Å². The van der Waals surface area contributed by atoms with Crippen molar-refractivity contribution in [3.05, 3.63) is 72.3 Å². The Bertz CT molecular complexity index is 1120. The highest BCUT2D eigenvalue weighted by molar-refractivity contribution is 6.22. The highest BCUT2D eigenvalue weighted by Crippen LogP contribution is 2.41. The number of hydrogen-bond acceptors (Lipinski definition) is 2. The molecule has 4 N–H and O–H groups in total. The van der Waals surface area contributed by atoms with Crippen molar-refractivity contribution in [3.63, 3.8) is 0 Å².